The first-order valence-corrected chi connectivity index (χ1v) is 22.6. The maximum absolute atomic E-state index is 15.0. The zero-order valence-corrected chi connectivity index (χ0v) is 39.3. The van der Waals surface area contributed by atoms with Gasteiger partial charge in [0.25, 0.3) is 5.91 Å². The Labute approximate surface area is 393 Å². The Bertz CT molecular complexity index is 2300. The van der Waals surface area contributed by atoms with Crippen LogP contribution < -0.4 is 5.32 Å². The average molecular weight is 920 g/mol. The molecule has 3 aromatic rings. The van der Waals surface area contributed by atoms with Crippen LogP contribution in [-0.2, 0) is 42.8 Å². The Morgan fingerprint density at radius 3 is 2.06 bits per heavy atom. The third kappa shape index (κ3) is 11.1. The Hall–Kier alpha value is -5.61. The molecule has 3 N–H and O–H groups in total. The summed E-state index contributed by atoms with van der Waals surface area (Å²) in [5.74, 6) is -4.47. The largest absolute Gasteiger partial charge is 0.459 e. The summed E-state index contributed by atoms with van der Waals surface area (Å²) in [6.07, 6.45) is -4.12. The normalized spacial score (nSPS) is 28.6. The summed E-state index contributed by atoms with van der Waals surface area (Å²) >= 11 is 0. The van der Waals surface area contributed by atoms with E-state index in [1.165, 1.54) is 26.8 Å². The quantitative estimate of drug-likeness (QED) is 0.0401. The van der Waals surface area contributed by atoms with Crippen molar-refractivity contribution in [3.63, 3.8) is 0 Å². The number of fused-ring (bicyclic) bond motifs is 1. The first kappa shape index (κ1) is 50.8. The van der Waals surface area contributed by atoms with Gasteiger partial charge in [-0.1, -0.05) is 101 Å². The van der Waals surface area contributed by atoms with Crippen LogP contribution in [0.2, 0.25) is 5.31 Å². The van der Waals surface area contributed by atoms with Crippen molar-refractivity contribution in [2.24, 2.45) is 17.3 Å². The highest BCUT2D eigenvalue weighted by Gasteiger charge is 2.63. The lowest BCUT2D eigenvalue weighted by Crippen LogP contribution is -2.69. The minimum absolute atomic E-state index is 0.0624. The highest BCUT2D eigenvalue weighted by molar-refractivity contribution is 6.18. The highest BCUT2D eigenvalue weighted by Crippen LogP contribution is 2.58. The third-order valence-corrected chi connectivity index (χ3v) is 13.7. The van der Waals surface area contributed by atoms with Crippen LogP contribution >= 0.6 is 0 Å². The fourth-order valence-corrected chi connectivity index (χ4v) is 10.1. The van der Waals surface area contributed by atoms with Gasteiger partial charge in [-0.3, -0.25) is 19.2 Å². The number of rotatable bonds is 18. The van der Waals surface area contributed by atoms with Crippen LogP contribution in [0.25, 0.3) is 0 Å². The fraction of sp³-hybridized carbons (Fsp3) is 0.481. The second kappa shape index (κ2) is 20.7. The molecule has 1 aliphatic heterocycles. The molecule has 1 heterocycles. The molecular formula is C52H62BNO13. The number of benzene rings is 3. The lowest BCUT2D eigenvalue weighted by atomic mass is 9.48. The standard InChI is InChI=1S/C52H62BNO13/c1-9-42(57)66-40-25-41-51(29-62-41,67-34(6)56)28-49(40,7)26-39(64-33(5)55)44-32(4)38(27-52(61,50(44,8)53)30-63-47(59)37-23-17-12-18-24-37)65-48(60)43(31(2)3)45(35-19-13-10-14-20-35)54-46(58)36-21-15-11-16-22-36/h9-24,31,38-43,45,57,61H,1,25-30H2,2-8H3,(H,54,58)/t38-,39-,40-,41?,42?,43+,45-,49?,50-,51-,52?/m0/s1. The van der Waals surface area contributed by atoms with E-state index in [0.29, 0.717) is 16.7 Å². The molecule has 14 nitrogen and oxygen atoms in total. The van der Waals surface area contributed by atoms with E-state index in [0.717, 1.165) is 0 Å². The zero-order valence-electron chi connectivity index (χ0n) is 39.3. The molecule has 4 unspecified atom stereocenters. The average Bonchev–Trinajstić information content (AvgIpc) is 3.27. The first-order valence-electron chi connectivity index (χ1n) is 22.6. The lowest BCUT2D eigenvalue weighted by Gasteiger charge is -2.59. The molecule has 15 heteroatoms. The minimum atomic E-state index is -2.17. The van der Waals surface area contributed by atoms with Gasteiger partial charge in [-0.15, -0.1) is 0 Å². The summed E-state index contributed by atoms with van der Waals surface area (Å²) in [6, 6.07) is 25.0. The number of ether oxygens (including phenoxy) is 6. The molecule has 2 aliphatic carbocycles. The number of aliphatic hydroxyl groups excluding tert-OH is 1. The van der Waals surface area contributed by atoms with Crippen molar-refractivity contribution in [1.82, 2.24) is 5.32 Å². The van der Waals surface area contributed by atoms with E-state index in [9.17, 15) is 34.2 Å². The van der Waals surface area contributed by atoms with Gasteiger partial charge in [0.2, 0.25) is 0 Å². The van der Waals surface area contributed by atoms with Crippen LogP contribution in [0.1, 0.15) is 106 Å². The van der Waals surface area contributed by atoms with Gasteiger partial charge in [0.15, 0.2) is 11.9 Å². The van der Waals surface area contributed by atoms with Crippen LogP contribution in [0, 0.1) is 17.3 Å². The van der Waals surface area contributed by atoms with Gasteiger partial charge in [0.05, 0.1) is 38.1 Å². The molecule has 0 bridgehead atoms. The van der Waals surface area contributed by atoms with E-state index >= 15 is 0 Å². The van der Waals surface area contributed by atoms with Gasteiger partial charge in [0, 0.05) is 44.1 Å². The number of carbonyl (C=O) groups excluding carboxylic acids is 5. The molecule has 2 fully saturated rings. The van der Waals surface area contributed by atoms with E-state index in [4.69, 9.17) is 36.3 Å². The van der Waals surface area contributed by atoms with Crippen molar-refractivity contribution in [2.45, 2.75) is 127 Å². The molecule has 1 saturated carbocycles. The Morgan fingerprint density at radius 2 is 1.52 bits per heavy atom. The molecule has 3 aromatic carbocycles. The van der Waals surface area contributed by atoms with Crippen LogP contribution in [0.4, 0.5) is 0 Å². The predicted molar refractivity (Wildman–Crippen MR) is 247 cm³/mol. The smallest absolute Gasteiger partial charge is 0.338 e. The SMILES string of the molecule is [B][C@@]1(C)C([C@H](CC2(C)C[C@]3(OC(C)=O)COC3C[C@@H]2OC(O)C=C)OC(C)=O)=C(C)[C@@H](OC(=O)[C@H](C(C)C)[C@@H](NC(=O)c2ccccc2)c2ccccc2)CC1(O)COC(=O)c1ccccc1. The van der Waals surface area contributed by atoms with Gasteiger partial charge in [-0.25, -0.2) is 4.79 Å². The molecule has 3 aliphatic rings. The second-order valence-electron chi connectivity index (χ2n) is 19.0. The van der Waals surface area contributed by atoms with Crippen LogP contribution in [0.15, 0.2) is 115 Å². The summed E-state index contributed by atoms with van der Waals surface area (Å²) in [6.45, 7) is 14.4. The maximum Gasteiger partial charge on any atom is 0.338 e. The van der Waals surface area contributed by atoms with Crippen LogP contribution in [0.3, 0.4) is 0 Å². The molecule has 0 spiro atoms. The summed E-state index contributed by atoms with van der Waals surface area (Å²) in [4.78, 5) is 67.9. The van der Waals surface area contributed by atoms with Crippen LogP contribution in [0.5, 0.6) is 0 Å². The maximum atomic E-state index is 15.0. The molecular weight excluding hydrogens is 857 g/mol. The van der Waals surface area contributed by atoms with E-state index in [1.54, 1.807) is 79.7 Å². The zero-order chi connectivity index (χ0) is 48.9. The molecule has 2 radical (unpaired) electrons. The molecule has 1 saturated heterocycles. The van der Waals surface area contributed by atoms with E-state index in [2.05, 4.69) is 11.9 Å². The Balaban J connectivity index is 1.44. The Morgan fingerprint density at radius 1 is 0.925 bits per heavy atom. The monoisotopic (exact) mass is 919 g/mol. The number of esters is 4. The highest BCUT2D eigenvalue weighted by atomic mass is 16.6. The summed E-state index contributed by atoms with van der Waals surface area (Å²) in [7, 11) is 7.31. The fourth-order valence-electron chi connectivity index (χ4n) is 10.1. The molecule has 67 heavy (non-hydrogen) atoms. The first-order chi connectivity index (χ1) is 31.6. The number of nitrogens with one attached hydrogen (secondary N) is 1. The molecule has 11 atom stereocenters. The van der Waals surface area contributed by atoms with Crippen molar-refractivity contribution >= 4 is 37.6 Å². The second-order valence-corrected chi connectivity index (χ2v) is 19.0. The molecule has 1 amide bonds. The molecule has 0 aromatic heterocycles. The van der Waals surface area contributed by atoms with Crippen molar-refractivity contribution in [3.05, 3.63) is 131 Å². The lowest BCUT2D eigenvalue weighted by molar-refractivity contribution is -0.308. The summed E-state index contributed by atoms with van der Waals surface area (Å²) < 4.78 is 36.4. The molecule has 356 valence electrons. The number of hydrogen-bond acceptors (Lipinski definition) is 13. The van der Waals surface area contributed by atoms with Gasteiger partial charge in [-0.2, -0.15) is 0 Å². The number of hydrogen-bond donors (Lipinski definition) is 3. The van der Waals surface area contributed by atoms with Gasteiger partial charge in [0.1, 0.15) is 30.5 Å². The number of amides is 1. The Kier molecular flexibility index (Phi) is 15.7. The van der Waals surface area contributed by atoms with Gasteiger partial charge < -0.3 is 44.0 Å². The third-order valence-electron chi connectivity index (χ3n) is 13.7. The van der Waals surface area contributed by atoms with Crippen molar-refractivity contribution in [3.8, 4) is 0 Å². The van der Waals surface area contributed by atoms with Crippen LogP contribution in [-0.4, -0.2) is 103 Å². The topological polar surface area (TPSA) is 193 Å². The number of aliphatic hydroxyl groups is 2. The van der Waals surface area contributed by atoms with E-state index in [-0.39, 0.29) is 43.4 Å². The predicted octanol–water partition coefficient (Wildman–Crippen LogP) is 6.71. The van der Waals surface area contributed by atoms with Crippen molar-refractivity contribution in [1.29, 1.82) is 0 Å². The van der Waals surface area contributed by atoms with Gasteiger partial charge >= 0.3 is 23.9 Å². The van der Waals surface area contributed by atoms with E-state index in [1.807, 2.05) is 39.0 Å². The summed E-state index contributed by atoms with van der Waals surface area (Å²) in [5.41, 5.74) is -2.50. The number of carbonyl (C=O) groups is 5. The summed E-state index contributed by atoms with van der Waals surface area (Å²) in [5, 5.41) is 24.9. The van der Waals surface area contributed by atoms with E-state index < -0.39 is 107 Å². The van der Waals surface area contributed by atoms with Crippen molar-refractivity contribution < 1.29 is 62.6 Å². The van der Waals surface area contributed by atoms with Gasteiger partial charge in [-0.05, 0) is 71.6 Å². The molecule has 6 rings (SSSR count). The van der Waals surface area contributed by atoms with Crippen molar-refractivity contribution in [2.75, 3.05) is 13.2 Å². The minimum Gasteiger partial charge on any atom is -0.459 e.